The maximum atomic E-state index is 12.1. The number of aromatic nitrogens is 1. The van der Waals surface area contributed by atoms with Gasteiger partial charge in [-0.05, 0) is 39.0 Å². The molecule has 2 rings (SSSR count). The first-order valence-corrected chi connectivity index (χ1v) is 6.73. The Kier molecular flexibility index (Phi) is 3.96. The first kappa shape index (κ1) is 15.4. The van der Waals surface area contributed by atoms with E-state index in [9.17, 15) is 9.59 Å². The number of halogens is 1. The van der Waals surface area contributed by atoms with Crippen molar-refractivity contribution >= 4 is 34.6 Å². The molecule has 6 heteroatoms. The maximum Gasteiger partial charge on any atom is 0.418 e. The van der Waals surface area contributed by atoms with E-state index < -0.39 is 17.7 Å². The number of esters is 1. The van der Waals surface area contributed by atoms with Gasteiger partial charge in [-0.1, -0.05) is 11.6 Å². The minimum absolute atomic E-state index is 0.252. The van der Waals surface area contributed by atoms with Gasteiger partial charge in [0, 0.05) is 11.6 Å². The third kappa shape index (κ3) is 3.03. The predicted octanol–water partition coefficient (Wildman–Crippen LogP) is 3.86. The summed E-state index contributed by atoms with van der Waals surface area (Å²) in [6.45, 7) is 5.37. The van der Waals surface area contributed by atoms with Crippen LogP contribution in [0, 0.1) is 0 Å². The second kappa shape index (κ2) is 5.41. The maximum absolute atomic E-state index is 12.1. The second-order valence-corrected chi connectivity index (χ2v) is 5.90. The van der Waals surface area contributed by atoms with Crippen molar-refractivity contribution in [2.75, 3.05) is 7.11 Å². The van der Waals surface area contributed by atoms with Crippen molar-refractivity contribution in [3.8, 4) is 0 Å². The molecular formula is C15H16ClNO4. The second-order valence-electron chi connectivity index (χ2n) is 5.52. The van der Waals surface area contributed by atoms with Crippen molar-refractivity contribution in [2.24, 2.45) is 0 Å². The summed E-state index contributed by atoms with van der Waals surface area (Å²) in [6, 6.07) is 4.82. The van der Waals surface area contributed by atoms with E-state index >= 15 is 0 Å². The topological polar surface area (TPSA) is 57.5 Å². The Morgan fingerprint density at radius 1 is 1.19 bits per heavy atom. The van der Waals surface area contributed by atoms with Crippen LogP contribution in [-0.4, -0.2) is 29.3 Å². The number of nitrogens with zero attached hydrogens (tertiary/aromatic N) is 1. The van der Waals surface area contributed by atoms with Crippen molar-refractivity contribution in [1.82, 2.24) is 4.57 Å². The first-order valence-electron chi connectivity index (χ1n) is 6.36. The lowest BCUT2D eigenvalue weighted by molar-refractivity contribution is 0.0543. The highest BCUT2D eigenvalue weighted by Crippen LogP contribution is 2.29. The van der Waals surface area contributed by atoms with Gasteiger partial charge in [0.05, 0.1) is 23.2 Å². The van der Waals surface area contributed by atoms with E-state index in [2.05, 4.69) is 4.74 Å². The molecule has 0 aliphatic rings. The number of carbonyl (C=O) groups is 2. The van der Waals surface area contributed by atoms with Gasteiger partial charge in [-0.25, -0.2) is 9.59 Å². The number of fused-ring (bicyclic) bond motifs is 1. The van der Waals surface area contributed by atoms with Crippen LogP contribution in [0.1, 0.15) is 31.1 Å². The summed E-state index contributed by atoms with van der Waals surface area (Å²) in [5, 5.41) is 0.840. The highest BCUT2D eigenvalue weighted by atomic mass is 35.5. The monoisotopic (exact) mass is 309 g/mol. The average molecular weight is 310 g/mol. The van der Waals surface area contributed by atoms with Gasteiger partial charge in [-0.3, -0.25) is 4.57 Å². The largest absolute Gasteiger partial charge is 0.465 e. The molecule has 0 saturated heterocycles. The fourth-order valence-electron chi connectivity index (χ4n) is 1.92. The number of rotatable bonds is 1. The van der Waals surface area contributed by atoms with Crippen molar-refractivity contribution < 1.29 is 19.1 Å². The van der Waals surface area contributed by atoms with Crippen molar-refractivity contribution in [2.45, 2.75) is 26.4 Å². The molecule has 1 aromatic heterocycles. The number of methoxy groups -OCH3 is 1. The molecule has 0 aliphatic heterocycles. The molecule has 112 valence electrons. The van der Waals surface area contributed by atoms with E-state index in [0.29, 0.717) is 10.9 Å². The van der Waals surface area contributed by atoms with Gasteiger partial charge in [0.25, 0.3) is 0 Å². The normalized spacial score (nSPS) is 11.5. The molecule has 1 heterocycles. The van der Waals surface area contributed by atoms with Crippen LogP contribution in [0.4, 0.5) is 4.79 Å². The molecule has 0 amide bonds. The Bertz CT molecular complexity index is 712. The lowest BCUT2D eigenvalue weighted by Crippen LogP contribution is -2.26. The standard InChI is InChI=1S/C15H16ClNO4/c1-15(2,3)21-14(19)17-8-7-9-11(17)6-5-10(12(9)16)13(18)20-4/h5-8H,1-4H3. The van der Waals surface area contributed by atoms with Crippen molar-refractivity contribution in [1.29, 1.82) is 0 Å². The third-order valence-corrected chi connectivity index (χ3v) is 3.21. The lowest BCUT2D eigenvalue weighted by Gasteiger charge is -2.19. The molecule has 0 spiro atoms. The fourth-order valence-corrected chi connectivity index (χ4v) is 2.22. The van der Waals surface area contributed by atoms with Crippen LogP contribution in [0.15, 0.2) is 24.4 Å². The highest BCUT2D eigenvalue weighted by molar-refractivity contribution is 6.38. The molecule has 0 saturated carbocycles. The van der Waals surface area contributed by atoms with E-state index in [4.69, 9.17) is 16.3 Å². The van der Waals surface area contributed by atoms with Gasteiger partial charge in [0.2, 0.25) is 0 Å². The van der Waals surface area contributed by atoms with Crippen LogP contribution in [0.5, 0.6) is 0 Å². The van der Waals surface area contributed by atoms with Gasteiger partial charge in [0.15, 0.2) is 0 Å². The summed E-state index contributed by atoms with van der Waals surface area (Å²) in [6.07, 6.45) is 1.06. The van der Waals surface area contributed by atoms with Gasteiger partial charge in [-0.2, -0.15) is 0 Å². The fraction of sp³-hybridized carbons (Fsp3) is 0.333. The molecule has 1 aromatic carbocycles. The van der Waals surface area contributed by atoms with E-state index in [1.165, 1.54) is 17.7 Å². The number of hydrogen-bond acceptors (Lipinski definition) is 4. The summed E-state index contributed by atoms with van der Waals surface area (Å²) in [4.78, 5) is 23.7. The molecule has 0 radical (unpaired) electrons. The Balaban J connectivity index is 2.49. The summed E-state index contributed by atoms with van der Waals surface area (Å²) < 4.78 is 11.3. The Morgan fingerprint density at radius 2 is 1.86 bits per heavy atom. The Labute approximate surface area is 127 Å². The smallest absolute Gasteiger partial charge is 0.418 e. The predicted molar refractivity (Wildman–Crippen MR) is 79.9 cm³/mol. The van der Waals surface area contributed by atoms with Gasteiger partial charge in [0.1, 0.15) is 5.60 Å². The van der Waals surface area contributed by atoms with E-state index in [0.717, 1.165) is 0 Å². The molecule has 5 nitrogen and oxygen atoms in total. The van der Waals surface area contributed by atoms with Gasteiger partial charge < -0.3 is 9.47 Å². The highest BCUT2D eigenvalue weighted by Gasteiger charge is 2.21. The summed E-state index contributed by atoms with van der Waals surface area (Å²) in [5.41, 5.74) is 0.235. The van der Waals surface area contributed by atoms with Crippen LogP contribution < -0.4 is 0 Å². The zero-order valence-corrected chi connectivity index (χ0v) is 13.0. The van der Waals surface area contributed by atoms with Crippen molar-refractivity contribution in [3.63, 3.8) is 0 Å². The molecule has 21 heavy (non-hydrogen) atoms. The average Bonchev–Trinajstić information content (AvgIpc) is 2.81. The lowest BCUT2D eigenvalue weighted by atomic mass is 10.1. The SMILES string of the molecule is COC(=O)c1ccc2c(ccn2C(=O)OC(C)(C)C)c1Cl. The molecule has 0 atom stereocenters. The quantitative estimate of drug-likeness (QED) is 0.750. The minimum Gasteiger partial charge on any atom is -0.465 e. The Hall–Kier alpha value is -2.01. The minimum atomic E-state index is -0.594. The van der Waals surface area contributed by atoms with Crippen LogP contribution in [0.25, 0.3) is 10.9 Å². The van der Waals surface area contributed by atoms with Gasteiger partial charge in [-0.15, -0.1) is 0 Å². The zero-order chi connectivity index (χ0) is 15.8. The van der Waals surface area contributed by atoms with E-state index in [1.807, 2.05) is 0 Å². The number of carbonyl (C=O) groups excluding carboxylic acids is 2. The molecule has 2 aromatic rings. The molecule has 0 N–H and O–H groups in total. The van der Waals surface area contributed by atoms with Crippen molar-refractivity contribution in [3.05, 3.63) is 35.0 Å². The number of hydrogen-bond donors (Lipinski definition) is 0. The molecule has 0 fully saturated rings. The van der Waals surface area contributed by atoms with Crippen LogP contribution >= 0.6 is 11.6 Å². The molecular weight excluding hydrogens is 294 g/mol. The Morgan fingerprint density at radius 3 is 2.43 bits per heavy atom. The summed E-state index contributed by atoms with van der Waals surface area (Å²) >= 11 is 6.20. The van der Waals surface area contributed by atoms with Crippen LogP contribution in [-0.2, 0) is 9.47 Å². The van der Waals surface area contributed by atoms with Crippen LogP contribution in [0.2, 0.25) is 5.02 Å². The zero-order valence-electron chi connectivity index (χ0n) is 12.3. The van der Waals surface area contributed by atoms with Gasteiger partial charge >= 0.3 is 12.1 Å². The summed E-state index contributed by atoms with van der Waals surface area (Å²) in [7, 11) is 1.29. The number of ether oxygens (including phenoxy) is 2. The molecule has 0 bridgehead atoms. The molecule has 0 aliphatic carbocycles. The number of benzene rings is 1. The van der Waals surface area contributed by atoms with E-state index in [1.54, 1.807) is 39.1 Å². The third-order valence-electron chi connectivity index (χ3n) is 2.80. The summed E-state index contributed by atoms with van der Waals surface area (Å²) in [5.74, 6) is -0.521. The first-order chi connectivity index (χ1) is 9.74. The molecule has 0 unspecified atom stereocenters. The van der Waals surface area contributed by atoms with E-state index in [-0.39, 0.29) is 10.6 Å². The van der Waals surface area contributed by atoms with Crippen LogP contribution in [0.3, 0.4) is 0 Å².